The second kappa shape index (κ2) is 6.94. The van der Waals surface area contributed by atoms with Gasteiger partial charge in [-0.1, -0.05) is 0 Å². The van der Waals surface area contributed by atoms with Crippen molar-refractivity contribution in [1.82, 2.24) is 9.97 Å². The Labute approximate surface area is 97.6 Å². The Morgan fingerprint density at radius 3 is 2.79 bits per heavy atom. The van der Waals surface area contributed by atoms with Crippen LogP contribution in [-0.4, -0.2) is 29.7 Å². The lowest BCUT2D eigenvalue weighted by Gasteiger charge is -2.04. The SMILES string of the molecule is CCOCCCNc1ncc(I)cn1. The van der Waals surface area contributed by atoms with Gasteiger partial charge < -0.3 is 10.1 Å². The molecule has 0 unspecified atom stereocenters. The van der Waals surface area contributed by atoms with Crippen LogP contribution in [0.5, 0.6) is 0 Å². The minimum Gasteiger partial charge on any atom is -0.382 e. The molecule has 1 N–H and O–H groups in total. The summed E-state index contributed by atoms with van der Waals surface area (Å²) in [4.78, 5) is 8.25. The Morgan fingerprint density at radius 1 is 1.43 bits per heavy atom. The maximum absolute atomic E-state index is 5.21. The molecular formula is C9H14IN3O. The van der Waals surface area contributed by atoms with Crippen molar-refractivity contribution in [1.29, 1.82) is 0 Å². The van der Waals surface area contributed by atoms with Crippen LogP contribution < -0.4 is 5.32 Å². The zero-order valence-corrected chi connectivity index (χ0v) is 10.3. The summed E-state index contributed by atoms with van der Waals surface area (Å²) in [6.45, 7) is 4.41. The average molecular weight is 307 g/mol. The fourth-order valence-electron chi connectivity index (χ4n) is 0.922. The van der Waals surface area contributed by atoms with Gasteiger partial charge in [0.05, 0.1) is 0 Å². The van der Waals surface area contributed by atoms with Gasteiger partial charge in [-0.05, 0) is 35.9 Å². The van der Waals surface area contributed by atoms with E-state index in [0.29, 0.717) is 5.95 Å². The lowest BCUT2D eigenvalue weighted by molar-refractivity contribution is 0.147. The summed E-state index contributed by atoms with van der Waals surface area (Å²) in [5, 5.41) is 3.13. The fraction of sp³-hybridized carbons (Fsp3) is 0.556. The van der Waals surface area contributed by atoms with Gasteiger partial charge in [0.15, 0.2) is 0 Å². The van der Waals surface area contributed by atoms with Gasteiger partial charge in [0.25, 0.3) is 0 Å². The van der Waals surface area contributed by atoms with E-state index in [4.69, 9.17) is 4.74 Å². The summed E-state index contributed by atoms with van der Waals surface area (Å²) < 4.78 is 6.25. The number of nitrogens with zero attached hydrogens (tertiary/aromatic N) is 2. The van der Waals surface area contributed by atoms with E-state index in [1.54, 1.807) is 12.4 Å². The molecular weight excluding hydrogens is 293 g/mol. The number of anilines is 1. The Kier molecular flexibility index (Phi) is 5.77. The first-order chi connectivity index (χ1) is 6.83. The van der Waals surface area contributed by atoms with Gasteiger partial charge in [-0.2, -0.15) is 0 Å². The van der Waals surface area contributed by atoms with Crippen LogP contribution in [0.1, 0.15) is 13.3 Å². The predicted molar refractivity (Wildman–Crippen MR) is 64.3 cm³/mol. The van der Waals surface area contributed by atoms with E-state index in [9.17, 15) is 0 Å². The van der Waals surface area contributed by atoms with Crippen molar-refractivity contribution in [3.63, 3.8) is 0 Å². The number of rotatable bonds is 6. The van der Waals surface area contributed by atoms with E-state index in [1.807, 2.05) is 6.92 Å². The smallest absolute Gasteiger partial charge is 0.222 e. The first-order valence-electron chi connectivity index (χ1n) is 4.62. The van der Waals surface area contributed by atoms with Crippen molar-refractivity contribution in [2.24, 2.45) is 0 Å². The Morgan fingerprint density at radius 2 is 2.14 bits per heavy atom. The van der Waals surface area contributed by atoms with E-state index >= 15 is 0 Å². The molecule has 0 radical (unpaired) electrons. The maximum atomic E-state index is 5.21. The predicted octanol–water partition coefficient (Wildman–Crippen LogP) is 1.92. The number of ether oxygens (including phenoxy) is 1. The van der Waals surface area contributed by atoms with Crippen molar-refractivity contribution in [2.75, 3.05) is 25.1 Å². The Balaban J connectivity index is 2.15. The van der Waals surface area contributed by atoms with Gasteiger partial charge in [-0.15, -0.1) is 0 Å². The zero-order chi connectivity index (χ0) is 10.2. The first kappa shape index (κ1) is 11.6. The van der Waals surface area contributed by atoms with Crippen LogP contribution >= 0.6 is 22.6 Å². The van der Waals surface area contributed by atoms with Crippen LogP contribution in [0.4, 0.5) is 5.95 Å². The second-order valence-electron chi connectivity index (χ2n) is 2.70. The molecule has 0 aliphatic rings. The maximum Gasteiger partial charge on any atom is 0.222 e. The highest BCUT2D eigenvalue weighted by Gasteiger charge is 1.94. The van der Waals surface area contributed by atoms with Crippen LogP contribution in [0.25, 0.3) is 0 Å². The fourth-order valence-corrected chi connectivity index (χ4v) is 1.20. The Bertz CT molecular complexity index is 253. The van der Waals surface area contributed by atoms with Crippen molar-refractivity contribution >= 4 is 28.5 Å². The largest absolute Gasteiger partial charge is 0.382 e. The van der Waals surface area contributed by atoms with Crippen molar-refractivity contribution in [3.8, 4) is 0 Å². The molecule has 14 heavy (non-hydrogen) atoms. The minimum atomic E-state index is 0.682. The molecule has 0 amide bonds. The molecule has 0 atom stereocenters. The van der Waals surface area contributed by atoms with Gasteiger partial charge in [-0.3, -0.25) is 0 Å². The van der Waals surface area contributed by atoms with Crippen LogP contribution in [0.15, 0.2) is 12.4 Å². The molecule has 0 aliphatic carbocycles. The van der Waals surface area contributed by atoms with Crippen molar-refractivity contribution in [3.05, 3.63) is 16.0 Å². The molecule has 0 fully saturated rings. The molecule has 0 spiro atoms. The highest BCUT2D eigenvalue weighted by atomic mass is 127. The van der Waals surface area contributed by atoms with E-state index in [1.165, 1.54) is 0 Å². The number of nitrogens with one attached hydrogen (secondary N) is 1. The Hall–Kier alpha value is -0.430. The van der Waals surface area contributed by atoms with Gasteiger partial charge in [0.1, 0.15) is 0 Å². The third-order valence-corrected chi connectivity index (χ3v) is 2.13. The van der Waals surface area contributed by atoms with Crippen LogP contribution in [0, 0.1) is 3.57 Å². The molecule has 1 aromatic heterocycles. The standard InChI is InChI=1S/C9H14IN3O/c1-2-14-5-3-4-11-9-12-6-8(10)7-13-9/h6-7H,2-5H2,1H3,(H,11,12,13). The molecule has 0 bridgehead atoms. The molecule has 5 heteroatoms. The zero-order valence-electron chi connectivity index (χ0n) is 8.16. The minimum absolute atomic E-state index is 0.682. The summed E-state index contributed by atoms with van der Waals surface area (Å²) in [6.07, 6.45) is 4.56. The van der Waals surface area contributed by atoms with Crippen molar-refractivity contribution < 1.29 is 4.74 Å². The van der Waals surface area contributed by atoms with Gasteiger partial charge in [0, 0.05) is 35.7 Å². The van der Waals surface area contributed by atoms with Gasteiger partial charge in [0.2, 0.25) is 5.95 Å². The molecule has 0 aromatic carbocycles. The van der Waals surface area contributed by atoms with E-state index in [-0.39, 0.29) is 0 Å². The molecule has 1 aromatic rings. The molecule has 0 saturated heterocycles. The van der Waals surface area contributed by atoms with Crippen LogP contribution in [0.2, 0.25) is 0 Å². The monoisotopic (exact) mass is 307 g/mol. The van der Waals surface area contributed by atoms with Gasteiger partial charge >= 0.3 is 0 Å². The topological polar surface area (TPSA) is 47.0 Å². The van der Waals surface area contributed by atoms with E-state index in [2.05, 4.69) is 37.9 Å². The van der Waals surface area contributed by atoms with E-state index in [0.717, 1.165) is 29.7 Å². The summed E-state index contributed by atoms with van der Waals surface area (Å²) in [5.74, 6) is 0.682. The average Bonchev–Trinajstić information content (AvgIpc) is 2.21. The third-order valence-electron chi connectivity index (χ3n) is 1.57. The lowest BCUT2D eigenvalue weighted by Crippen LogP contribution is -2.08. The number of hydrogen-bond acceptors (Lipinski definition) is 4. The summed E-state index contributed by atoms with van der Waals surface area (Å²) in [6, 6.07) is 0. The van der Waals surface area contributed by atoms with Crippen LogP contribution in [-0.2, 0) is 4.74 Å². The molecule has 0 aliphatic heterocycles. The summed E-state index contributed by atoms with van der Waals surface area (Å²) in [7, 11) is 0. The first-order valence-corrected chi connectivity index (χ1v) is 5.70. The molecule has 1 heterocycles. The van der Waals surface area contributed by atoms with E-state index < -0.39 is 0 Å². The van der Waals surface area contributed by atoms with Crippen molar-refractivity contribution in [2.45, 2.75) is 13.3 Å². The third kappa shape index (κ3) is 4.71. The highest BCUT2D eigenvalue weighted by Crippen LogP contribution is 2.02. The van der Waals surface area contributed by atoms with Gasteiger partial charge in [-0.25, -0.2) is 9.97 Å². The molecule has 0 saturated carbocycles. The summed E-state index contributed by atoms with van der Waals surface area (Å²) in [5.41, 5.74) is 0. The second-order valence-corrected chi connectivity index (χ2v) is 3.95. The highest BCUT2D eigenvalue weighted by molar-refractivity contribution is 14.1. The molecule has 78 valence electrons. The summed E-state index contributed by atoms with van der Waals surface area (Å²) >= 11 is 2.18. The lowest BCUT2D eigenvalue weighted by atomic mass is 10.4. The number of halogens is 1. The number of aromatic nitrogens is 2. The molecule has 1 rings (SSSR count). The number of hydrogen-bond donors (Lipinski definition) is 1. The molecule has 4 nitrogen and oxygen atoms in total. The quantitative estimate of drug-likeness (QED) is 0.644. The van der Waals surface area contributed by atoms with Crippen LogP contribution in [0.3, 0.4) is 0 Å². The normalized spacial score (nSPS) is 10.1.